The lowest BCUT2D eigenvalue weighted by Gasteiger charge is -2.38. The third kappa shape index (κ3) is 10.6. The second-order valence-corrected chi connectivity index (χ2v) is 20.9. The fourth-order valence-corrected chi connectivity index (χ4v) is 17.1. The van der Waals surface area contributed by atoms with Gasteiger partial charge in [0.15, 0.2) is 9.04 Å². The molecule has 12 heteroatoms. The van der Waals surface area contributed by atoms with E-state index in [1.807, 2.05) is 0 Å². The Morgan fingerprint density at radius 1 is 0.862 bits per heavy atom. The first-order chi connectivity index (χ1) is 13.7. The van der Waals surface area contributed by atoms with E-state index in [9.17, 15) is 0 Å². The van der Waals surface area contributed by atoms with Crippen LogP contribution >= 0.6 is 0 Å². The van der Waals surface area contributed by atoms with E-state index < -0.39 is 35.0 Å². The van der Waals surface area contributed by atoms with Gasteiger partial charge in [-0.05, 0) is 51.1 Å². The number of ether oxygens (including phenoxy) is 2. The Kier molecular flexibility index (Phi) is 12.5. The molecule has 1 aliphatic rings. The van der Waals surface area contributed by atoms with Gasteiger partial charge in [-0.3, -0.25) is 0 Å². The van der Waals surface area contributed by atoms with Crippen molar-refractivity contribution in [1.82, 2.24) is 0 Å². The zero-order chi connectivity index (χ0) is 22.0. The Morgan fingerprint density at radius 2 is 1.45 bits per heavy atom. The molecule has 29 heavy (non-hydrogen) atoms. The Labute approximate surface area is 182 Å². The van der Waals surface area contributed by atoms with E-state index in [2.05, 4.69) is 26.2 Å². The monoisotopic (exact) mass is 486 g/mol. The molecule has 0 radical (unpaired) electrons. The van der Waals surface area contributed by atoms with Crippen molar-refractivity contribution >= 4 is 35.0 Å². The summed E-state index contributed by atoms with van der Waals surface area (Å²) in [5, 5.41) is 0. The van der Waals surface area contributed by atoms with Gasteiger partial charge >= 0.3 is 25.9 Å². The molecule has 0 aliphatic carbocycles. The first kappa shape index (κ1) is 27.6. The molecular weight excluding hydrogens is 445 g/mol. The van der Waals surface area contributed by atoms with Crippen LogP contribution in [0.1, 0.15) is 12.8 Å². The fourth-order valence-electron chi connectivity index (χ4n) is 3.34. The lowest BCUT2D eigenvalue weighted by Crippen LogP contribution is -2.53. The second kappa shape index (κ2) is 13.2. The van der Waals surface area contributed by atoms with Gasteiger partial charge in [-0.25, -0.2) is 0 Å². The van der Waals surface area contributed by atoms with Gasteiger partial charge < -0.3 is 35.4 Å². The van der Waals surface area contributed by atoms with Crippen LogP contribution in [0, 0.1) is 0 Å². The van der Waals surface area contributed by atoms with Crippen molar-refractivity contribution in [3.63, 3.8) is 0 Å². The van der Waals surface area contributed by atoms with Crippen LogP contribution < -0.4 is 0 Å². The largest absolute Gasteiger partial charge is 0.500 e. The van der Waals surface area contributed by atoms with E-state index in [-0.39, 0.29) is 0 Å². The summed E-state index contributed by atoms with van der Waals surface area (Å²) in [7, 11) is -1.88. The van der Waals surface area contributed by atoms with Gasteiger partial charge in [0.05, 0.1) is 13.2 Å². The van der Waals surface area contributed by atoms with E-state index in [1.165, 1.54) is 0 Å². The quantitative estimate of drug-likeness (QED) is 0.166. The second-order valence-electron chi connectivity index (χ2n) is 8.02. The standard InChI is InChI=1S/C17H42O8Si4/c1-18-27(7,12-9-11-22-15-17-16-23-17)25-28(8,24-26(5)6)13-10-14-29(19-2,20-3)21-4/h17,26H,9-16H2,1-8H3. The van der Waals surface area contributed by atoms with Gasteiger partial charge in [-0.2, -0.15) is 0 Å². The van der Waals surface area contributed by atoms with E-state index in [1.54, 1.807) is 28.4 Å². The van der Waals surface area contributed by atoms with Gasteiger partial charge in [0.1, 0.15) is 6.10 Å². The normalized spacial score (nSPS) is 21.2. The van der Waals surface area contributed by atoms with Crippen LogP contribution in [0.25, 0.3) is 0 Å². The van der Waals surface area contributed by atoms with Crippen molar-refractivity contribution in [2.45, 2.75) is 63.3 Å². The molecule has 3 atom stereocenters. The summed E-state index contributed by atoms with van der Waals surface area (Å²) in [6.45, 7) is 10.9. The highest BCUT2D eigenvalue weighted by molar-refractivity contribution is 6.83. The predicted octanol–water partition coefficient (Wildman–Crippen LogP) is 2.87. The van der Waals surface area contributed by atoms with Crippen LogP contribution in [0.15, 0.2) is 0 Å². The van der Waals surface area contributed by atoms with Crippen LogP contribution in [0.2, 0.25) is 44.3 Å². The molecule has 0 N–H and O–H groups in total. The SMILES string of the molecule is CO[Si](C)(CCCOCC1CO1)O[Si](C)(CCC[Si](OC)(OC)OC)O[SiH](C)C. The highest BCUT2D eigenvalue weighted by atomic mass is 28.5. The first-order valence-corrected chi connectivity index (χ1v) is 20.2. The molecule has 174 valence electrons. The first-order valence-electron chi connectivity index (χ1n) is 10.4. The summed E-state index contributed by atoms with van der Waals surface area (Å²) in [4.78, 5) is 0. The van der Waals surface area contributed by atoms with Gasteiger partial charge in [0.2, 0.25) is 0 Å². The van der Waals surface area contributed by atoms with E-state index in [0.717, 1.165) is 37.6 Å². The molecule has 1 rings (SSSR count). The van der Waals surface area contributed by atoms with Gasteiger partial charge in [-0.15, -0.1) is 0 Å². The Hall–Kier alpha value is 0.548. The third-order valence-corrected chi connectivity index (χ3v) is 18.6. The molecule has 0 spiro atoms. The minimum Gasteiger partial charge on any atom is -0.439 e. The van der Waals surface area contributed by atoms with Crippen molar-refractivity contribution in [2.24, 2.45) is 0 Å². The van der Waals surface area contributed by atoms with E-state index >= 15 is 0 Å². The maximum atomic E-state index is 6.72. The Bertz CT molecular complexity index is 445. The molecule has 1 heterocycles. The molecule has 0 saturated carbocycles. The summed E-state index contributed by atoms with van der Waals surface area (Å²) in [6.07, 6.45) is 2.10. The molecule has 0 aromatic heterocycles. The summed E-state index contributed by atoms with van der Waals surface area (Å²) in [5.41, 5.74) is 0. The van der Waals surface area contributed by atoms with Gasteiger partial charge in [-0.1, -0.05) is 0 Å². The molecule has 8 nitrogen and oxygen atoms in total. The molecule has 1 saturated heterocycles. The number of hydrogen-bond acceptors (Lipinski definition) is 8. The molecule has 3 unspecified atom stereocenters. The van der Waals surface area contributed by atoms with Crippen molar-refractivity contribution in [2.75, 3.05) is 48.3 Å². The van der Waals surface area contributed by atoms with Crippen molar-refractivity contribution in [1.29, 1.82) is 0 Å². The van der Waals surface area contributed by atoms with Gasteiger partial charge in [0, 0.05) is 41.1 Å². The maximum Gasteiger partial charge on any atom is 0.500 e. The lowest BCUT2D eigenvalue weighted by molar-refractivity contribution is 0.115. The van der Waals surface area contributed by atoms with E-state index in [0.29, 0.717) is 19.3 Å². The Balaban J connectivity index is 2.61. The lowest BCUT2D eigenvalue weighted by atomic mass is 10.5. The van der Waals surface area contributed by atoms with Crippen LogP contribution in [-0.4, -0.2) is 89.3 Å². The average Bonchev–Trinajstić information content (AvgIpc) is 3.49. The average molecular weight is 487 g/mol. The number of hydrogen-bond donors (Lipinski definition) is 0. The summed E-state index contributed by atoms with van der Waals surface area (Å²) in [6, 6.07) is 2.49. The summed E-state index contributed by atoms with van der Waals surface area (Å²) >= 11 is 0. The Morgan fingerprint density at radius 3 is 1.93 bits per heavy atom. The van der Waals surface area contributed by atoms with Crippen LogP contribution in [0.4, 0.5) is 0 Å². The molecule has 0 amide bonds. The summed E-state index contributed by atoms with van der Waals surface area (Å²) in [5.74, 6) is 0. The zero-order valence-electron chi connectivity index (χ0n) is 19.6. The van der Waals surface area contributed by atoms with Crippen molar-refractivity contribution in [3.8, 4) is 0 Å². The molecule has 0 aromatic rings. The topological polar surface area (TPSA) is 77.1 Å². The van der Waals surface area contributed by atoms with Crippen molar-refractivity contribution < 1.29 is 35.4 Å². The van der Waals surface area contributed by atoms with Crippen molar-refractivity contribution in [3.05, 3.63) is 0 Å². The number of epoxide rings is 1. The van der Waals surface area contributed by atoms with Gasteiger partial charge in [0.25, 0.3) is 0 Å². The highest BCUT2D eigenvalue weighted by Gasteiger charge is 2.44. The molecule has 1 aliphatic heterocycles. The van der Waals surface area contributed by atoms with Crippen LogP contribution in [-0.2, 0) is 35.4 Å². The maximum absolute atomic E-state index is 6.72. The molecular formula is C17H42O8Si4. The summed E-state index contributed by atoms with van der Waals surface area (Å²) < 4.78 is 46.6. The third-order valence-electron chi connectivity index (χ3n) is 5.02. The number of rotatable bonds is 18. The van der Waals surface area contributed by atoms with Crippen LogP contribution in [0.3, 0.4) is 0 Å². The van der Waals surface area contributed by atoms with Crippen LogP contribution in [0.5, 0.6) is 0 Å². The zero-order valence-corrected chi connectivity index (χ0v) is 23.7. The highest BCUT2D eigenvalue weighted by Crippen LogP contribution is 2.28. The minimum atomic E-state index is -2.58. The smallest absolute Gasteiger partial charge is 0.439 e. The minimum absolute atomic E-state index is 0.305. The molecule has 0 bridgehead atoms. The molecule has 0 aromatic carbocycles. The fraction of sp³-hybridized carbons (Fsp3) is 1.00. The predicted molar refractivity (Wildman–Crippen MR) is 122 cm³/mol. The van der Waals surface area contributed by atoms with E-state index in [4.69, 9.17) is 35.4 Å². The molecule has 1 fully saturated rings.